The van der Waals surface area contributed by atoms with Gasteiger partial charge in [-0.15, -0.1) is 0 Å². The molecule has 1 aliphatic rings. The SMILES string of the molecule is CC(Nc1ccc(C(C)C)cc1)C(=O)N1CCCC1. The fraction of sp³-hybridized carbons (Fsp3) is 0.562. The number of carbonyl (C=O) groups is 1. The van der Waals surface area contributed by atoms with Gasteiger partial charge in [-0.1, -0.05) is 26.0 Å². The average Bonchev–Trinajstić information content (AvgIpc) is 2.92. The number of hydrogen-bond acceptors (Lipinski definition) is 2. The first-order chi connectivity index (χ1) is 9.08. The van der Waals surface area contributed by atoms with Crippen molar-refractivity contribution >= 4 is 11.6 Å². The lowest BCUT2D eigenvalue weighted by atomic mass is 10.0. The van der Waals surface area contributed by atoms with Crippen LogP contribution in [0, 0.1) is 0 Å². The summed E-state index contributed by atoms with van der Waals surface area (Å²) >= 11 is 0. The molecule has 1 aromatic rings. The number of rotatable bonds is 4. The highest BCUT2D eigenvalue weighted by Crippen LogP contribution is 2.18. The molecule has 1 unspecified atom stereocenters. The molecule has 0 aromatic heterocycles. The highest BCUT2D eigenvalue weighted by Gasteiger charge is 2.22. The Hall–Kier alpha value is -1.51. The molecule has 3 heteroatoms. The predicted molar refractivity (Wildman–Crippen MR) is 79.4 cm³/mol. The molecule has 0 aliphatic carbocycles. The number of nitrogens with zero attached hydrogens (tertiary/aromatic N) is 1. The van der Waals surface area contributed by atoms with Crippen LogP contribution in [0.3, 0.4) is 0 Å². The van der Waals surface area contributed by atoms with Crippen LogP contribution in [0.1, 0.15) is 45.1 Å². The Labute approximate surface area is 116 Å². The van der Waals surface area contributed by atoms with Crippen LogP contribution >= 0.6 is 0 Å². The van der Waals surface area contributed by atoms with Gasteiger partial charge in [0.15, 0.2) is 0 Å². The molecule has 2 rings (SSSR count). The van der Waals surface area contributed by atoms with E-state index < -0.39 is 0 Å². The summed E-state index contributed by atoms with van der Waals surface area (Å²) < 4.78 is 0. The number of hydrogen-bond donors (Lipinski definition) is 1. The lowest BCUT2D eigenvalue weighted by Gasteiger charge is -2.22. The van der Waals surface area contributed by atoms with E-state index >= 15 is 0 Å². The normalized spacial score (nSPS) is 16.7. The third-order valence-corrected chi connectivity index (χ3v) is 3.75. The second-order valence-corrected chi connectivity index (χ2v) is 5.68. The molecule has 1 fully saturated rings. The molecule has 1 saturated heterocycles. The van der Waals surface area contributed by atoms with Crippen LogP contribution in [-0.4, -0.2) is 29.9 Å². The summed E-state index contributed by atoms with van der Waals surface area (Å²) in [6, 6.07) is 8.22. The molecule has 0 bridgehead atoms. The minimum Gasteiger partial charge on any atom is -0.374 e. The molecule has 0 radical (unpaired) electrons. The Morgan fingerprint density at radius 3 is 2.21 bits per heavy atom. The molecule has 1 N–H and O–H groups in total. The first kappa shape index (κ1) is 13.9. The molecular weight excluding hydrogens is 236 g/mol. The number of amides is 1. The first-order valence-electron chi connectivity index (χ1n) is 7.23. The number of anilines is 1. The lowest BCUT2D eigenvalue weighted by molar-refractivity contribution is -0.130. The van der Waals surface area contributed by atoms with E-state index in [4.69, 9.17) is 0 Å². The van der Waals surface area contributed by atoms with Gasteiger partial charge in [-0.05, 0) is 43.4 Å². The zero-order chi connectivity index (χ0) is 13.8. The maximum Gasteiger partial charge on any atom is 0.244 e. The van der Waals surface area contributed by atoms with Crippen molar-refractivity contribution in [2.45, 2.75) is 45.6 Å². The van der Waals surface area contributed by atoms with Crippen LogP contribution in [0.2, 0.25) is 0 Å². The van der Waals surface area contributed by atoms with Gasteiger partial charge in [-0.3, -0.25) is 4.79 Å². The van der Waals surface area contributed by atoms with Crippen molar-refractivity contribution < 1.29 is 4.79 Å². The Morgan fingerprint density at radius 1 is 1.11 bits per heavy atom. The van der Waals surface area contributed by atoms with Gasteiger partial charge in [0.1, 0.15) is 6.04 Å². The molecule has 1 amide bonds. The summed E-state index contributed by atoms with van der Waals surface area (Å²) in [5, 5.41) is 3.29. The van der Waals surface area contributed by atoms with E-state index in [0.717, 1.165) is 31.6 Å². The van der Waals surface area contributed by atoms with Gasteiger partial charge >= 0.3 is 0 Å². The van der Waals surface area contributed by atoms with Crippen LogP contribution in [0.4, 0.5) is 5.69 Å². The Morgan fingerprint density at radius 2 is 1.68 bits per heavy atom. The number of carbonyl (C=O) groups excluding carboxylic acids is 1. The van der Waals surface area contributed by atoms with Crippen molar-refractivity contribution in [1.82, 2.24) is 4.90 Å². The fourth-order valence-corrected chi connectivity index (χ4v) is 2.49. The Kier molecular flexibility index (Phi) is 4.46. The summed E-state index contributed by atoms with van der Waals surface area (Å²) in [6.07, 6.45) is 2.28. The van der Waals surface area contributed by atoms with E-state index in [-0.39, 0.29) is 11.9 Å². The number of benzene rings is 1. The summed E-state index contributed by atoms with van der Waals surface area (Å²) in [6.45, 7) is 8.13. The van der Waals surface area contributed by atoms with E-state index in [1.54, 1.807) is 0 Å². The second-order valence-electron chi connectivity index (χ2n) is 5.68. The maximum atomic E-state index is 12.2. The van der Waals surface area contributed by atoms with Gasteiger partial charge in [0.25, 0.3) is 0 Å². The molecule has 1 aromatic carbocycles. The maximum absolute atomic E-state index is 12.2. The lowest BCUT2D eigenvalue weighted by Crippen LogP contribution is -2.39. The monoisotopic (exact) mass is 260 g/mol. The van der Waals surface area contributed by atoms with Crippen molar-refractivity contribution in [2.75, 3.05) is 18.4 Å². The van der Waals surface area contributed by atoms with Crippen LogP contribution < -0.4 is 5.32 Å². The Bertz CT molecular complexity index is 419. The van der Waals surface area contributed by atoms with Crippen LogP contribution in [-0.2, 0) is 4.79 Å². The molecule has 1 aliphatic heterocycles. The van der Waals surface area contributed by atoms with E-state index in [2.05, 4.69) is 43.4 Å². The number of nitrogens with one attached hydrogen (secondary N) is 1. The largest absolute Gasteiger partial charge is 0.374 e. The highest BCUT2D eigenvalue weighted by molar-refractivity contribution is 5.84. The molecule has 0 spiro atoms. The predicted octanol–water partition coefficient (Wildman–Crippen LogP) is 3.23. The van der Waals surface area contributed by atoms with Gasteiger partial charge in [0.05, 0.1) is 0 Å². The topological polar surface area (TPSA) is 32.3 Å². The third kappa shape index (κ3) is 3.49. The highest BCUT2D eigenvalue weighted by atomic mass is 16.2. The van der Waals surface area contributed by atoms with Crippen molar-refractivity contribution in [3.05, 3.63) is 29.8 Å². The van der Waals surface area contributed by atoms with E-state index in [9.17, 15) is 4.79 Å². The summed E-state index contributed by atoms with van der Waals surface area (Å²) in [7, 11) is 0. The smallest absolute Gasteiger partial charge is 0.244 e. The minimum absolute atomic E-state index is 0.150. The van der Waals surface area contributed by atoms with Gasteiger partial charge in [0, 0.05) is 18.8 Å². The van der Waals surface area contributed by atoms with Crippen molar-refractivity contribution in [3.63, 3.8) is 0 Å². The van der Waals surface area contributed by atoms with Crippen molar-refractivity contribution in [2.24, 2.45) is 0 Å². The summed E-state index contributed by atoms with van der Waals surface area (Å²) in [5.74, 6) is 0.753. The summed E-state index contributed by atoms with van der Waals surface area (Å²) in [5.41, 5.74) is 2.34. The molecule has 0 saturated carbocycles. The minimum atomic E-state index is -0.150. The first-order valence-corrected chi connectivity index (χ1v) is 7.23. The average molecular weight is 260 g/mol. The van der Waals surface area contributed by atoms with Gasteiger partial charge in [0.2, 0.25) is 5.91 Å². The van der Waals surface area contributed by atoms with Gasteiger partial charge in [-0.25, -0.2) is 0 Å². The van der Waals surface area contributed by atoms with E-state index in [1.807, 2.05) is 11.8 Å². The van der Waals surface area contributed by atoms with E-state index in [1.165, 1.54) is 5.56 Å². The zero-order valence-corrected chi connectivity index (χ0v) is 12.1. The van der Waals surface area contributed by atoms with Crippen molar-refractivity contribution in [3.8, 4) is 0 Å². The number of likely N-dealkylation sites (tertiary alicyclic amines) is 1. The molecule has 104 valence electrons. The van der Waals surface area contributed by atoms with Gasteiger partial charge < -0.3 is 10.2 Å². The fourth-order valence-electron chi connectivity index (χ4n) is 2.49. The standard InChI is InChI=1S/C16H24N2O/c1-12(2)14-6-8-15(9-7-14)17-13(3)16(19)18-10-4-5-11-18/h6-9,12-13,17H,4-5,10-11H2,1-3H3. The van der Waals surface area contributed by atoms with Gasteiger partial charge in [-0.2, -0.15) is 0 Å². The van der Waals surface area contributed by atoms with Crippen LogP contribution in [0.15, 0.2) is 24.3 Å². The van der Waals surface area contributed by atoms with Crippen molar-refractivity contribution in [1.29, 1.82) is 0 Å². The van der Waals surface area contributed by atoms with Crippen LogP contribution in [0.25, 0.3) is 0 Å². The van der Waals surface area contributed by atoms with E-state index in [0.29, 0.717) is 5.92 Å². The zero-order valence-electron chi connectivity index (χ0n) is 12.1. The molecule has 3 nitrogen and oxygen atoms in total. The molecule has 1 atom stereocenters. The quantitative estimate of drug-likeness (QED) is 0.901. The molecule has 1 heterocycles. The second kappa shape index (κ2) is 6.09. The molecular formula is C16H24N2O. The Balaban J connectivity index is 1.94. The molecule has 19 heavy (non-hydrogen) atoms. The third-order valence-electron chi connectivity index (χ3n) is 3.75. The summed E-state index contributed by atoms with van der Waals surface area (Å²) in [4.78, 5) is 14.1. The van der Waals surface area contributed by atoms with Crippen LogP contribution in [0.5, 0.6) is 0 Å².